The van der Waals surface area contributed by atoms with Crippen LogP contribution in [0, 0.1) is 0 Å². The van der Waals surface area contributed by atoms with Crippen molar-refractivity contribution in [3.05, 3.63) is 35.9 Å². The van der Waals surface area contributed by atoms with Gasteiger partial charge < -0.3 is 4.74 Å². The summed E-state index contributed by atoms with van der Waals surface area (Å²) in [4.78, 5) is 0. The summed E-state index contributed by atoms with van der Waals surface area (Å²) in [5, 5.41) is 0. The van der Waals surface area contributed by atoms with Gasteiger partial charge in [0.05, 0.1) is 13.2 Å². The van der Waals surface area contributed by atoms with Crippen molar-refractivity contribution in [2.45, 2.75) is 13.5 Å². The predicted octanol–water partition coefficient (Wildman–Crippen LogP) is 2.94. The summed E-state index contributed by atoms with van der Waals surface area (Å²) in [7, 11) is -1.65. The third-order valence-electron chi connectivity index (χ3n) is 1.58. The molecular formula is C10H14O3P+. The van der Waals surface area contributed by atoms with Gasteiger partial charge in [0, 0.05) is 0 Å². The minimum Gasteiger partial charge on any atom is -0.330 e. The Balaban J connectivity index is 2.19. The van der Waals surface area contributed by atoms with Gasteiger partial charge in [0.15, 0.2) is 0 Å². The van der Waals surface area contributed by atoms with Gasteiger partial charge in [-0.05, 0) is 17.1 Å². The van der Waals surface area contributed by atoms with Gasteiger partial charge in [-0.2, -0.15) is 0 Å². The van der Waals surface area contributed by atoms with Crippen LogP contribution >= 0.6 is 8.03 Å². The van der Waals surface area contributed by atoms with Crippen molar-refractivity contribution >= 4 is 8.03 Å². The van der Waals surface area contributed by atoms with Gasteiger partial charge in [-0.15, -0.1) is 4.52 Å². The molecule has 0 aliphatic rings. The topological polar surface area (TPSA) is 35.5 Å². The normalized spacial score (nSPS) is 11.4. The summed E-state index contributed by atoms with van der Waals surface area (Å²) in [6.07, 6.45) is 0.165. The lowest BCUT2D eigenvalue weighted by Gasteiger charge is -1.97. The third-order valence-corrected chi connectivity index (χ3v) is 2.52. The number of rotatable bonds is 6. The molecule has 0 fully saturated rings. The second kappa shape index (κ2) is 6.66. The summed E-state index contributed by atoms with van der Waals surface area (Å²) in [5.41, 5.74) is 1.08. The minimum atomic E-state index is -1.65. The lowest BCUT2D eigenvalue weighted by molar-refractivity contribution is 0.154. The molecular weight excluding hydrogens is 199 g/mol. The highest BCUT2D eigenvalue weighted by atomic mass is 31.1. The van der Waals surface area contributed by atoms with Gasteiger partial charge in [-0.1, -0.05) is 30.3 Å². The van der Waals surface area contributed by atoms with E-state index in [4.69, 9.17) is 9.26 Å². The first-order valence-electron chi connectivity index (χ1n) is 4.52. The zero-order valence-electron chi connectivity index (χ0n) is 8.18. The van der Waals surface area contributed by atoms with E-state index in [1.807, 2.05) is 37.3 Å². The van der Waals surface area contributed by atoms with Crippen LogP contribution in [0.15, 0.2) is 30.3 Å². The van der Waals surface area contributed by atoms with Gasteiger partial charge >= 0.3 is 8.03 Å². The van der Waals surface area contributed by atoms with E-state index in [2.05, 4.69) is 0 Å². The quantitative estimate of drug-likeness (QED) is 0.681. The highest BCUT2D eigenvalue weighted by Crippen LogP contribution is 2.21. The van der Waals surface area contributed by atoms with Crippen LogP contribution in [-0.4, -0.2) is 13.0 Å². The molecule has 0 aliphatic heterocycles. The molecule has 3 nitrogen and oxygen atoms in total. The number of hydrogen-bond donors (Lipinski definition) is 0. The van der Waals surface area contributed by atoms with E-state index in [9.17, 15) is 4.57 Å². The van der Waals surface area contributed by atoms with Crippen LogP contribution in [0.2, 0.25) is 0 Å². The predicted molar refractivity (Wildman–Crippen MR) is 55.3 cm³/mol. The summed E-state index contributed by atoms with van der Waals surface area (Å²) >= 11 is 0. The highest BCUT2D eigenvalue weighted by Gasteiger charge is 2.15. The van der Waals surface area contributed by atoms with Crippen LogP contribution in [0.25, 0.3) is 0 Å². The molecule has 1 rings (SSSR count). The van der Waals surface area contributed by atoms with Crippen molar-refractivity contribution in [1.29, 1.82) is 0 Å². The van der Waals surface area contributed by atoms with Gasteiger partial charge in [-0.25, -0.2) is 0 Å². The molecule has 76 valence electrons. The Morgan fingerprint density at radius 3 is 2.64 bits per heavy atom. The molecule has 0 saturated heterocycles. The lowest BCUT2D eigenvalue weighted by Crippen LogP contribution is -1.93. The van der Waals surface area contributed by atoms with Gasteiger partial charge in [0.2, 0.25) is 0 Å². The Kier molecular flexibility index (Phi) is 5.38. The maximum atomic E-state index is 11.0. The molecule has 1 atom stereocenters. The Morgan fingerprint density at radius 1 is 1.29 bits per heavy atom. The fourth-order valence-corrected chi connectivity index (χ4v) is 1.60. The molecule has 1 unspecified atom stereocenters. The van der Waals surface area contributed by atoms with Crippen LogP contribution in [0.4, 0.5) is 0 Å². The first-order chi connectivity index (χ1) is 6.83. The monoisotopic (exact) mass is 213 g/mol. The summed E-state index contributed by atoms with van der Waals surface area (Å²) in [6, 6.07) is 9.77. The standard InChI is InChI=1S/C10H14O3P/c1-2-13-14(11)9-12-8-10-6-4-3-5-7-10/h3-7H,2,8-9H2,1H3/q+1. The van der Waals surface area contributed by atoms with E-state index in [-0.39, 0.29) is 6.35 Å². The molecule has 0 spiro atoms. The van der Waals surface area contributed by atoms with Crippen LogP contribution in [0.3, 0.4) is 0 Å². The van der Waals surface area contributed by atoms with E-state index in [1.54, 1.807) is 0 Å². The lowest BCUT2D eigenvalue weighted by atomic mass is 10.2. The van der Waals surface area contributed by atoms with Gasteiger partial charge in [0.1, 0.15) is 0 Å². The van der Waals surface area contributed by atoms with Crippen LogP contribution < -0.4 is 0 Å². The Hall–Kier alpha value is -0.760. The molecule has 0 amide bonds. The molecule has 0 aromatic heterocycles. The maximum absolute atomic E-state index is 11.0. The first kappa shape index (κ1) is 11.3. The third kappa shape index (κ3) is 4.47. The largest absolute Gasteiger partial charge is 0.537 e. The van der Waals surface area contributed by atoms with Crippen molar-refractivity contribution in [2.24, 2.45) is 0 Å². The Labute approximate surface area is 84.9 Å². The molecule has 1 aromatic carbocycles. The second-order valence-electron chi connectivity index (χ2n) is 2.71. The number of hydrogen-bond acceptors (Lipinski definition) is 3. The smallest absolute Gasteiger partial charge is 0.330 e. The van der Waals surface area contributed by atoms with Crippen LogP contribution in [0.1, 0.15) is 12.5 Å². The van der Waals surface area contributed by atoms with E-state index in [0.717, 1.165) is 5.56 Å². The van der Waals surface area contributed by atoms with E-state index < -0.39 is 8.03 Å². The zero-order valence-corrected chi connectivity index (χ0v) is 9.07. The van der Waals surface area contributed by atoms with Crippen molar-refractivity contribution in [2.75, 3.05) is 13.0 Å². The molecule has 1 aromatic rings. The Morgan fingerprint density at radius 2 is 2.00 bits per heavy atom. The average Bonchev–Trinajstić information content (AvgIpc) is 2.20. The summed E-state index contributed by atoms with van der Waals surface area (Å²) in [5.74, 6) is 0. The van der Waals surface area contributed by atoms with Gasteiger partial charge in [-0.3, -0.25) is 0 Å². The first-order valence-corrected chi connectivity index (χ1v) is 5.88. The van der Waals surface area contributed by atoms with Crippen LogP contribution in [0.5, 0.6) is 0 Å². The zero-order chi connectivity index (χ0) is 10.2. The molecule has 0 aliphatic carbocycles. The maximum Gasteiger partial charge on any atom is 0.537 e. The summed E-state index contributed by atoms with van der Waals surface area (Å²) in [6.45, 7) is 2.75. The second-order valence-corrected chi connectivity index (χ2v) is 3.90. The summed E-state index contributed by atoms with van der Waals surface area (Å²) < 4.78 is 21.1. The number of ether oxygens (including phenoxy) is 1. The molecule has 0 N–H and O–H groups in total. The average molecular weight is 213 g/mol. The molecule has 4 heteroatoms. The Bertz CT molecular complexity index is 274. The SMILES string of the molecule is CCO[P+](=O)COCc1ccccc1. The van der Waals surface area contributed by atoms with Crippen molar-refractivity contribution in [3.8, 4) is 0 Å². The number of benzene rings is 1. The highest BCUT2D eigenvalue weighted by molar-refractivity contribution is 7.38. The van der Waals surface area contributed by atoms with Crippen molar-refractivity contribution in [1.82, 2.24) is 0 Å². The van der Waals surface area contributed by atoms with E-state index >= 15 is 0 Å². The molecule has 0 radical (unpaired) electrons. The molecule has 0 bridgehead atoms. The fourth-order valence-electron chi connectivity index (χ4n) is 0.994. The van der Waals surface area contributed by atoms with Crippen molar-refractivity contribution in [3.63, 3.8) is 0 Å². The minimum absolute atomic E-state index is 0.165. The van der Waals surface area contributed by atoms with Crippen LogP contribution in [-0.2, 0) is 20.4 Å². The molecule has 0 saturated carbocycles. The van der Waals surface area contributed by atoms with Gasteiger partial charge in [0.25, 0.3) is 6.35 Å². The fraction of sp³-hybridized carbons (Fsp3) is 0.400. The van der Waals surface area contributed by atoms with E-state index in [1.165, 1.54) is 0 Å². The molecule has 0 heterocycles. The van der Waals surface area contributed by atoms with E-state index in [0.29, 0.717) is 13.2 Å². The van der Waals surface area contributed by atoms with Crippen molar-refractivity contribution < 1.29 is 13.8 Å². The molecule has 14 heavy (non-hydrogen) atoms.